The third kappa shape index (κ3) is 6.31. The number of likely N-dealkylation sites (N-methyl/N-ethyl adjacent to an activating group) is 1. The number of H-pyrrole nitrogens is 1. The number of aromatic nitrogens is 5. The number of nitrogens with zero attached hydrogens (tertiary/aromatic N) is 5. The molecule has 5 rings (SSSR count). The van der Waals surface area contributed by atoms with Gasteiger partial charge in [0.15, 0.2) is 23.1 Å². The number of anilines is 1. The summed E-state index contributed by atoms with van der Waals surface area (Å²) >= 11 is 0. The molecule has 0 radical (unpaired) electrons. The molecule has 238 valence electrons. The second-order valence-electron chi connectivity index (χ2n) is 9.58. The van der Waals surface area contributed by atoms with Crippen LogP contribution in [0.4, 0.5) is 32.0 Å². The fourth-order valence-electron chi connectivity index (χ4n) is 4.68. The molecule has 45 heavy (non-hydrogen) atoms. The average molecular weight is 657 g/mol. The molecule has 2 heterocycles. The normalized spacial score (nSPS) is 11.4. The lowest BCUT2D eigenvalue weighted by Gasteiger charge is -2.18. The molecule has 1 amide bonds. The van der Waals surface area contributed by atoms with Gasteiger partial charge in [-0.05, 0) is 42.0 Å². The van der Waals surface area contributed by atoms with Gasteiger partial charge < -0.3 is 19.4 Å². The number of alkyl halides is 3. The Morgan fingerprint density at radius 3 is 2.42 bits per heavy atom. The lowest BCUT2D eigenvalue weighted by molar-refractivity contribution is -0.137. The summed E-state index contributed by atoms with van der Waals surface area (Å²) in [5, 5.41) is 7.32. The highest BCUT2D eigenvalue weighted by molar-refractivity contribution is 5.97. The van der Waals surface area contributed by atoms with Crippen molar-refractivity contribution in [2.45, 2.75) is 19.3 Å². The maximum absolute atomic E-state index is 15.4. The Morgan fingerprint density at radius 2 is 1.80 bits per heavy atom. The highest BCUT2D eigenvalue weighted by Gasteiger charge is 2.33. The van der Waals surface area contributed by atoms with Crippen LogP contribution in [0.5, 0.6) is 11.5 Å². The van der Waals surface area contributed by atoms with Crippen molar-refractivity contribution in [2.75, 3.05) is 19.1 Å². The van der Waals surface area contributed by atoms with Crippen LogP contribution in [0.25, 0.3) is 22.2 Å². The van der Waals surface area contributed by atoms with E-state index in [1.54, 1.807) is 0 Å². The number of carbonyl (C=O) groups is 1. The summed E-state index contributed by atoms with van der Waals surface area (Å²) < 4.78 is 97.8. The van der Waals surface area contributed by atoms with Crippen LogP contribution in [0.2, 0.25) is 0 Å². The van der Waals surface area contributed by atoms with E-state index in [-0.39, 0.29) is 64.2 Å². The number of halogens is 7. The van der Waals surface area contributed by atoms with Gasteiger partial charge in [-0.25, -0.2) is 18.0 Å². The average Bonchev–Trinajstić information content (AvgIpc) is 3.57. The van der Waals surface area contributed by atoms with Gasteiger partial charge >= 0.3 is 11.9 Å². The number of imidazole rings is 1. The van der Waals surface area contributed by atoms with Crippen molar-refractivity contribution < 1.29 is 40.6 Å². The summed E-state index contributed by atoms with van der Waals surface area (Å²) in [6, 6.07) is 6.09. The van der Waals surface area contributed by atoms with Gasteiger partial charge in [0.1, 0.15) is 31.1 Å². The summed E-state index contributed by atoms with van der Waals surface area (Å²) in [5.41, 5.74) is -3.01. The first-order valence-corrected chi connectivity index (χ1v) is 12.7. The van der Waals surface area contributed by atoms with Crippen LogP contribution in [0.1, 0.15) is 11.4 Å². The van der Waals surface area contributed by atoms with Crippen molar-refractivity contribution >= 4 is 35.0 Å². The number of amides is 1. The predicted molar refractivity (Wildman–Crippen MR) is 152 cm³/mol. The maximum atomic E-state index is 15.4. The van der Waals surface area contributed by atoms with Gasteiger partial charge in [0.25, 0.3) is 0 Å². The number of methoxy groups -OCH3 is 1. The van der Waals surface area contributed by atoms with Gasteiger partial charge in [-0.2, -0.15) is 13.2 Å². The fraction of sp³-hybridized carbons (Fsp3) is 0.214. The Bertz CT molecular complexity index is 1940. The van der Waals surface area contributed by atoms with Crippen LogP contribution in [-0.4, -0.2) is 44.4 Å². The summed E-state index contributed by atoms with van der Waals surface area (Å²) in [7, 11) is 3.65. The van der Waals surface area contributed by atoms with E-state index in [4.69, 9.17) is 9.47 Å². The number of benzene rings is 3. The second kappa shape index (κ2) is 12.6. The summed E-state index contributed by atoms with van der Waals surface area (Å²) in [5.74, 6) is -4.04. The van der Waals surface area contributed by atoms with Gasteiger partial charge in [0.2, 0.25) is 5.91 Å². The number of nitrogens with one attached hydrogen (secondary N) is 1. The number of rotatable bonds is 8. The molecule has 0 aliphatic heterocycles. The zero-order chi connectivity index (χ0) is 31.9. The first kappa shape index (κ1) is 32.9. The minimum atomic E-state index is -4.90. The Kier molecular flexibility index (Phi) is 9.18. The predicted octanol–water partition coefficient (Wildman–Crippen LogP) is 5.23. The maximum Gasteiger partial charge on any atom is 0.416 e. The highest BCUT2D eigenvalue weighted by Crippen LogP contribution is 2.41. The van der Waals surface area contributed by atoms with Gasteiger partial charge in [0.05, 0.1) is 29.4 Å². The third-order valence-corrected chi connectivity index (χ3v) is 6.86. The molecule has 10 nitrogen and oxygen atoms in total. The number of aryl methyl sites for hydroxylation is 1. The molecule has 0 saturated carbocycles. The van der Waals surface area contributed by atoms with Crippen LogP contribution in [0.15, 0.2) is 53.6 Å². The topological polar surface area (TPSA) is 107 Å². The van der Waals surface area contributed by atoms with Gasteiger partial charge in [0, 0.05) is 25.7 Å². The quantitative estimate of drug-likeness (QED) is 0.229. The van der Waals surface area contributed by atoms with Crippen LogP contribution in [-0.2, 0) is 31.2 Å². The van der Waals surface area contributed by atoms with Gasteiger partial charge in [-0.15, -0.1) is 22.6 Å². The molecule has 0 spiro atoms. The summed E-state index contributed by atoms with van der Waals surface area (Å²) in [6.07, 6.45) is -3.61. The molecular weight excluding hydrogens is 634 g/mol. The summed E-state index contributed by atoms with van der Waals surface area (Å²) in [4.78, 5) is 29.9. The minimum absolute atomic E-state index is 0. The SMILES string of the molecule is COc1cc(-c2cc(C(F)(F)F)cc3c2n(C)c(=O)n3CC(=O)N(C)c2ccc(F)cc2F)cc(F)c1OCc1nnc[nH]1.Cl. The van der Waals surface area contributed by atoms with E-state index < -0.39 is 47.3 Å². The molecule has 0 atom stereocenters. The smallest absolute Gasteiger partial charge is 0.416 e. The first-order valence-electron chi connectivity index (χ1n) is 12.7. The molecular formula is C28H23ClF6N6O4. The van der Waals surface area contributed by atoms with Crippen molar-refractivity contribution in [3.8, 4) is 22.6 Å². The van der Waals surface area contributed by atoms with E-state index in [0.29, 0.717) is 12.1 Å². The molecule has 0 unspecified atom stereocenters. The Labute approximate surface area is 256 Å². The zero-order valence-corrected chi connectivity index (χ0v) is 24.4. The standard InChI is InChI=1S/C28H22F6N6O4.ClH/c1-38(20-5-4-16(29)10-18(20)30)24(41)11-40-21-9-15(28(32,33)34)8-17(25(21)39(2)27(40)42)14-6-19(31)26(22(7-14)43-3)44-12-23-35-13-36-37-23;/h4-10,13H,11-12H2,1-3H3,(H,35,36,37);1H. The summed E-state index contributed by atoms with van der Waals surface area (Å²) in [6.45, 7) is -1.02. The van der Waals surface area contributed by atoms with E-state index in [1.165, 1.54) is 33.6 Å². The number of hydrogen-bond acceptors (Lipinski definition) is 6. The molecule has 1 N–H and O–H groups in total. The fourth-order valence-corrected chi connectivity index (χ4v) is 4.68. The monoisotopic (exact) mass is 656 g/mol. The largest absolute Gasteiger partial charge is 0.493 e. The van der Waals surface area contributed by atoms with E-state index in [9.17, 15) is 31.5 Å². The molecule has 2 aromatic heterocycles. The van der Waals surface area contributed by atoms with Crippen LogP contribution in [0.3, 0.4) is 0 Å². The lowest BCUT2D eigenvalue weighted by atomic mass is 9.99. The van der Waals surface area contributed by atoms with Crippen molar-refractivity contribution in [1.82, 2.24) is 24.3 Å². The number of ether oxygens (including phenoxy) is 2. The lowest BCUT2D eigenvalue weighted by Crippen LogP contribution is -2.34. The van der Waals surface area contributed by atoms with Crippen LogP contribution >= 0.6 is 12.4 Å². The molecule has 17 heteroatoms. The number of aromatic amines is 1. The van der Waals surface area contributed by atoms with Crippen molar-refractivity contribution in [3.63, 3.8) is 0 Å². The zero-order valence-electron chi connectivity index (χ0n) is 23.6. The number of hydrogen-bond donors (Lipinski definition) is 1. The Balaban J connectivity index is 0.00000461. The molecule has 0 saturated heterocycles. The van der Waals surface area contributed by atoms with Crippen LogP contribution < -0.4 is 20.1 Å². The number of fused-ring (bicyclic) bond motifs is 1. The first-order chi connectivity index (χ1) is 20.8. The van der Waals surface area contributed by atoms with E-state index >= 15 is 4.39 Å². The van der Waals surface area contributed by atoms with Gasteiger partial charge in [-0.3, -0.25) is 13.9 Å². The molecule has 5 aromatic rings. The van der Waals surface area contributed by atoms with Crippen molar-refractivity contribution in [3.05, 3.63) is 88.1 Å². The third-order valence-electron chi connectivity index (χ3n) is 6.86. The Hall–Kier alpha value is -4.99. The second-order valence-corrected chi connectivity index (χ2v) is 9.58. The van der Waals surface area contributed by atoms with Crippen LogP contribution in [0, 0.1) is 17.5 Å². The van der Waals surface area contributed by atoms with Crippen molar-refractivity contribution in [2.24, 2.45) is 7.05 Å². The van der Waals surface area contributed by atoms with E-state index in [1.807, 2.05) is 0 Å². The van der Waals surface area contributed by atoms with Gasteiger partial charge in [-0.1, -0.05) is 0 Å². The molecule has 0 aliphatic carbocycles. The number of carbonyl (C=O) groups excluding carboxylic acids is 1. The minimum Gasteiger partial charge on any atom is -0.493 e. The molecule has 0 aliphatic rings. The van der Waals surface area contributed by atoms with E-state index in [2.05, 4.69) is 15.2 Å². The highest BCUT2D eigenvalue weighted by atomic mass is 35.5. The molecule has 0 bridgehead atoms. The van der Waals surface area contributed by atoms with E-state index in [0.717, 1.165) is 38.3 Å². The molecule has 3 aromatic carbocycles. The molecule has 0 fully saturated rings. The van der Waals surface area contributed by atoms with Crippen molar-refractivity contribution in [1.29, 1.82) is 0 Å². The Morgan fingerprint density at radius 1 is 1.07 bits per heavy atom.